The van der Waals surface area contributed by atoms with E-state index < -0.39 is 0 Å². The van der Waals surface area contributed by atoms with Gasteiger partial charge in [0.05, 0.1) is 17.6 Å². The Labute approximate surface area is 194 Å². The average molecular weight is 437 g/mol. The minimum absolute atomic E-state index is 0.790. The van der Waals surface area contributed by atoms with E-state index in [1.807, 2.05) is 30.3 Å². The Balaban J connectivity index is 1.36. The molecule has 2 heterocycles. The number of fused-ring (bicyclic) bond motifs is 2. The third kappa shape index (κ3) is 4.40. The van der Waals surface area contributed by atoms with Crippen LogP contribution < -0.4 is 10.0 Å². The lowest BCUT2D eigenvalue weighted by molar-refractivity contribution is 0.603. The topological polar surface area (TPSA) is 44.3 Å². The molecule has 0 saturated carbocycles. The fourth-order valence-electron chi connectivity index (χ4n) is 4.16. The van der Waals surface area contributed by atoms with Crippen molar-refractivity contribution in [2.45, 2.75) is 27.2 Å². The Hall–Kier alpha value is -3.86. The van der Waals surface area contributed by atoms with E-state index in [2.05, 4.69) is 79.5 Å². The molecule has 1 aromatic heterocycles. The summed E-state index contributed by atoms with van der Waals surface area (Å²) in [5.74, 6) is 0.790. The molecule has 0 aliphatic carbocycles. The van der Waals surface area contributed by atoms with Crippen LogP contribution in [0.4, 0.5) is 11.4 Å². The number of aryl methyl sites for hydroxylation is 1. The van der Waals surface area contributed by atoms with Crippen LogP contribution in [0.15, 0.2) is 87.4 Å². The fourth-order valence-corrected chi connectivity index (χ4v) is 4.16. The molecule has 1 aliphatic rings. The Morgan fingerprint density at radius 3 is 2.70 bits per heavy atom. The highest BCUT2D eigenvalue weighted by Crippen LogP contribution is 2.28. The van der Waals surface area contributed by atoms with Gasteiger partial charge in [-0.1, -0.05) is 35.9 Å². The van der Waals surface area contributed by atoms with Crippen LogP contribution >= 0.6 is 0 Å². The summed E-state index contributed by atoms with van der Waals surface area (Å²) in [6.45, 7) is 7.89. The molecule has 5 heteroatoms. The summed E-state index contributed by atoms with van der Waals surface area (Å²) in [7, 11) is 0. The summed E-state index contributed by atoms with van der Waals surface area (Å²) in [6.07, 6.45) is 2.92. The predicted molar refractivity (Wildman–Crippen MR) is 138 cm³/mol. The Kier molecular flexibility index (Phi) is 5.69. The van der Waals surface area contributed by atoms with Gasteiger partial charge in [-0.3, -0.25) is 10.0 Å². The van der Waals surface area contributed by atoms with Crippen LogP contribution in [0.25, 0.3) is 11.0 Å². The monoisotopic (exact) mass is 436 g/mol. The van der Waals surface area contributed by atoms with Crippen LogP contribution in [0, 0.1) is 6.92 Å². The van der Waals surface area contributed by atoms with Crippen LogP contribution in [0.5, 0.6) is 0 Å². The van der Waals surface area contributed by atoms with E-state index in [4.69, 9.17) is 14.6 Å². The summed E-state index contributed by atoms with van der Waals surface area (Å²) in [6, 6.07) is 25.1. The van der Waals surface area contributed by atoms with E-state index in [1.54, 1.807) is 0 Å². The first kappa shape index (κ1) is 21.0. The SMILES string of the molecule is CCN(/N=C/c1ccc2oc(/C(C)=N/N3CCc4ccccc43)cc2c1)c1ccc(C)cc1. The normalized spacial score (nSPS) is 13.8. The molecule has 166 valence electrons. The summed E-state index contributed by atoms with van der Waals surface area (Å²) in [5.41, 5.74) is 7.60. The highest BCUT2D eigenvalue weighted by atomic mass is 16.3. The van der Waals surface area contributed by atoms with Gasteiger partial charge in [0, 0.05) is 18.5 Å². The van der Waals surface area contributed by atoms with Crippen molar-refractivity contribution in [1.82, 2.24) is 0 Å². The summed E-state index contributed by atoms with van der Waals surface area (Å²) >= 11 is 0. The van der Waals surface area contributed by atoms with Crippen molar-refractivity contribution < 1.29 is 4.42 Å². The summed E-state index contributed by atoms with van der Waals surface area (Å²) < 4.78 is 6.10. The van der Waals surface area contributed by atoms with E-state index >= 15 is 0 Å². The van der Waals surface area contributed by atoms with Crippen LogP contribution in [-0.4, -0.2) is 25.0 Å². The Bertz CT molecular complexity index is 1330. The van der Waals surface area contributed by atoms with E-state index in [0.29, 0.717) is 0 Å². The first-order valence-corrected chi connectivity index (χ1v) is 11.4. The molecule has 5 rings (SSSR count). The Morgan fingerprint density at radius 2 is 1.88 bits per heavy atom. The van der Waals surface area contributed by atoms with Gasteiger partial charge in [-0.05, 0) is 80.8 Å². The maximum Gasteiger partial charge on any atom is 0.151 e. The van der Waals surface area contributed by atoms with Gasteiger partial charge in [-0.25, -0.2) is 0 Å². The number of hydrogen-bond acceptors (Lipinski definition) is 5. The molecule has 0 saturated heterocycles. The molecule has 33 heavy (non-hydrogen) atoms. The lowest BCUT2D eigenvalue weighted by Gasteiger charge is -2.16. The maximum atomic E-state index is 6.10. The number of rotatable bonds is 6. The molecular formula is C28H28N4O. The molecule has 1 aliphatic heterocycles. The molecule has 4 aromatic rings. The number of furan rings is 1. The summed E-state index contributed by atoms with van der Waals surface area (Å²) in [4.78, 5) is 0. The number of benzene rings is 3. The van der Waals surface area contributed by atoms with Crippen molar-refractivity contribution in [3.05, 3.63) is 95.2 Å². The van der Waals surface area contributed by atoms with Crippen molar-refractivity contribution in [3.8, 4) is 0 Å². The van der Waals surface area contributed by atoms with E-state index in [0.717, 1.165) is 53.2 Å². The summed E-state index contributed by atoms with van der Waals surface area (Å²) in [5, 5.41) is 14.6. The molecule has 5 nitrogen and oxygen atoms in total. The zero-order valence-corrected chi connectivity index (χ0v) is 19.3. The fraction of sp³-hybridized carbons (Fsp3) is 0.214. The van der Waals surface area contributed by atoms with Gasteiger partial charge in [0.1, 0.15) is 11.3 Å². The van der Waals surface area contributed by atoms with E-state index in [1.165, 1.54) is 16.8 Å². The highest BCUT2D eigenvalue weighted by Gasteiger charge is 2.18. The minimum atomic E-state index is 0.790. The molecule has 3 aromatic carbocycles. The van der Waals surface area contributed by atoms with Crippen LogP contribution in [0.2, 0.25) is 0 Å². The standard InChI is InChI=1S/C28H28N4O/c1-4-31(25-12-9-20(2)10-13-25)29-19-22-11-14-27-24(17-22)18-28(33-27)21(3)30-32-16-15-23-7-5-6-8-26(23)32/h5-14,17-19H,4,15-16H2,1-3H3/b29-19+,30-21+. The van der Waals surface area contributed by atoms with E-state index in [9.17, 15) is 0 Å². The van der Waals surface area contributed by atoms with Gasteiger partial charge < -0.3 is 4.42 Å². The van der Waals surface area contributed by atoms with Crippen molar-refractivity contribution in [2.24, 2.45) is 10.2 Å². The van der Waals surface area contributed by atoms with Crippen LogP contribution in [0.1, 0.15) is 36.3 Å². The second-order valence-corrected chi connectivity index (χ2v) is 8.39. The van der Waals surface area contributed by atoms with Gasteiger partial charge in [0.2, 0.25) is 0 Å². The first-order valence-electron chi connectivity index (χ1n) is 11.4. The largest absolute Gasteiger partial charge is 0.455 e. The van der Waals surface area contributed by atoms with Crippen LogP contribution in [-0.2, 0) is 6.42 Å². The maximum absolute atomic E-state index is 6.10. The lowest BCUT2D eigenvalue weighted by Crippen LogP contribution is -2.15. The molecular weight excluding hydrogens is 408 g/mol. The van der Waals surface area contributed by atoms with Gasteiger partial charge in [-0.2, -0.15) is 10.2 Å². The van der Waals surface area contributed by atoms with Gasteiger partial charge in [-0.15, -0.1) is 0 Å². The smallest absolute Gasteiger partial charge is 0.151 e. The third-order valence-electron chi connectivity index (χ3n) is 6.01. The third-order valence-corrected chi connectivity index (χ3v) is 6.01. The number of nitrogens with zero attached hydrogens (tertiary/aromatic N) is 4. The van der Waals surface area contributed by atoms with Crippen molar-refractivity contribution in [3.63, 3.8) is 0 Å². The number of anilines is 2. The quantitative estimate of drug-likeness (QED) is 0.260. The number of para-hydroxylation sites is 1. The molecule has 0 N–H and O–H groups in total. The number of hydrazone groups is 2. The molecule has 0 bridgehead atoms. The second-order valence-electron chi connectivity index (χ2n) is 8.39. The predicted octanol–water partition coefficient (Wildman–Crippen LogP) is 6.39. The van der Waals surface area contributed by atoms with Crippen molar-refractivity contribution >= 4 is 34.3 Å². The molecule has 0 radical (unpaired) electrons. The van der Waals surface area contributed by atoms with Crippen molar-refractivity contribution in [1.29, 1.82) is 0 Å². The van der Waals surface area contributed by atoms with Gasteiger partial charge in [0.15, 0.2) is 5.76 Å². The lowest BCUT2D eigenvalue weighted by atomic mass is 10.1. The zero-order valence-electron chi connectivity index (χ0n) is 19.3. The zero-order chi connectivity index (χ0) is 22.8. The molecule has 0 fully saturated rings. The molecule has 0 amide bonds. The number of hydrogen-bond donors (Lipinski definition) is 0. The molecule has 0 atom stereocenters. The van der Waals surface area contributed by atoms with Gasteiger partial charge >= 0.3 is 0 Å². The Morgan fingerprint density at radius 1 is 1.06 bits per heavy atom. The van der Waals surface area contributed by atoms with Gasteiger partial charge in [0.25, 0.3) is 0 Å². The average Bonchev–Trinajstić information content (AvgIpc) is 3.45. The molecule has 0 spiro atoms. The van der Waals surface area contributed by atoms with Crippen LogP contribution in [0.3, 0.4) is 0 Å². The second kappa shape index (κ2) is 8.94. The highest BCUT2D eigenvalue weighted by molar-refractivity contribution is 6.01. The minimum Gasteiger partial charge on any atom is -0.455 e. The van der Waals surface area contributed by atoms with E-state index in [-0.39, 0.29) is 0 Å². The van der Waals surface area contributed by atoms with Crippen molar-refractivity contribution in [2.75, 3.05) is 23.1 Å². The molecule has 0 unspecified atom stereocenters. The first-order chi connectivity index (χ1) is 16.1.